The molecule has 1 N–H and O–H groups in total. The molecule has 1 aromatic rings. The Morgan fingerprint density at radius 3 is 2.41 bits per heavy atom. The summed E-state index contributed by atoms with van der Waals surface area (Å²) in [5.41, 5.74) is 0.447. The van der Waals surface area contributed by atoms with Crippen molar-refractivity contribution in [3.63, 3.8) is 0 Å². The molecule has 0 aliphatic rings. The summed E-state index contributed by atoms with van der Waals surface area (Å²) in [4.78, 5) is 22.8. The quantitative estimate of drug-likeness (QED) is 0.669. The summed E-state index contributed by atoms with van der Waals surface area (Å²) in [6.07, 6.45) is 0. The van der Waals surface area contributed by atoms with Crippen molar-refractivity contribution in [3.05, 3.63) is 33.4 Å². The Bertz CT molecular complexity index is 401. The Morgan fingerprint density at radius 1 is 1.29 bits per heavy atom. The van der Waals surface area contributed by atoms with Crippen molar-refractivity contribution in [2.24, 2.45) is 0 Å². The van der Waals surface area contributed by atoms with Crippen molar-refractivity contribution < 1.29 is 14.3 Å². The second kappa shape index (κ2) is 6.58. The average molecular weight is 347 g/mol. The third kappa shape index (κ3) is 5.16. The fourth-order valence-corrected chi connectivity index (χ4v) is 1.52. The van der Waals surface area contributed by atoms with Gasteiger partial charge < -0.3 is 10.1 Å². The van der Waals surface area contributed by atoms with Crippen LogP contribution >= 0.6 is 22.6 Å². The zero-order chi connectivity index (χ0) is 12.8. The lowest BCUT2D eigenvalue weighted by Gasteiger charge is -2.08. The van der Waals surface area contributed by atoms with Gasteiger partial charge in [0.1, 0.15) is 0 Å². The van der Waals surface area contributed by atoms with E-state index in [-0.39, 0.29) is 18.6 Å². The molecule has 0 fully saturated rings. The summed E-state index contributed by atoms with van der Waals surface area (Å²) in [5.74, 6) is -0.779. The molecule has 0 saturated carbocycles. The first-order valence-electron chi connectivity index (χ1n) is 5.21. The number of ether oxygens (including phenoxy) is 1. The van der Waals surface area contributed by atoms with Crippen LogP contribution in [0.4, 0.5) is 0 Å². The molecule has 0 heterocycles. The van der Waals surface area contributed by atoms with Gasteiger partial charge in [0, 0.05) is 9.61 Å². The second-order valence-corrected chi connectivity index (χ2v) is 5.05. The lowest BCUT2D eigenvalue weighted by atomic mass is 10.2. The predicted octanol–water partition coefficient (Wildman–Crippen LogP) is 1.97. The maximum atomic E-state index is 11.5. The van der Waals surface area contributed by atoms with E-state index >= 15 is 0 Å². The molecule has 0 unspecified atom stereocenters. The van der Waals surface area contributed by atoms with Crippen LogP contribution in [0.1, 0.15) is 24.2 Å². The normalized spacial score (nSPS) is 10.1. The number of rotatable bonds is 4. The topological polar surface area (TPSA) is 55.4 Å². The lowest BCUT2D eigenvalue weighted by Crippen LogP contribution is -2.33. The molecule has 0 atom stereocenters. The molecule has 0 radical (unpaired) electrons. The summed E-state index contributed by atoms with van der Waals surface area (Å²) in [6, 6.07) is 7.01. The number of hydrogen-bond acceptors (Lipinski definition) is 3. The van der Waals surface area contributed by atoms with E-state index in [4.69, 9.17) is 4.74 Å². The van der Waals surface area contributed by atoms with Gasteiger partial charge >= 0.3 is 5.97 Å². The number of esters is 1. The number of carbonyl (C=O) groups excluding carboxylic acids is 2. The molecule has 0 bridgehead atoms. The van der Waals surface area contributed by atoms with E-state index in [1.807, 2.05) is 26.0 Å². The number of amides is 1. The molecule has 4 nitrogen and oxygen atoms in total. The Hall–Kier alpha value is -1.11. The smallest absolute Gasteiger partial charge is 0.338 e. The van der Waals surface area contributed by atoms with Crippen LogP contribution in [0.2, 0.25) is 0 Å². The molecular formula is C12H14INO3. The molecule has 0 aliphatic heterocycles. The number of halogens is 1. The Morgan fingerprint density at radius 2 is 1.88 bits per heavy atom. The molecule has 17 heavy (non-hydrogen) atoms. The summed E-state index contributed by atoms with van der Waals surface area (Å²) in [6.45, 7) is 3.45. The van der Waals surface area contributed by atoms with Crippen LogP contribution in [0.15, 0.2) is 24.3 Å². The van der Waals surface area contributed by atoms with Crippen molar-refractivity contribution in [1.29, 1.82) is 0 Å². The monoisotopic (exact) mass is 347 g/mol. The van der Waals surface area contributed by atoms with Crippen LogP contribution in [0, 0.1) is 3.57 Å². The van der Waals surface area contributed by atoms with Crippen LogP contribution in [-0.2, 0) is 9.53 Å². The minimum absolute atomic E-state index is 0.0412. The second-order valence-electron chi connectivity index (χ2n) is 3.81. The standard InChI is InChI=1S/C12H14INO3/c1-8(2)14-11(15)7-17-12(16)9-3-5-10(13)6-4-9/h3-6,8H,7H2,1-2H3,(H,14,15). The Kier molecular flexibility index (Phi) is 5.40. The molecule has 1 aromatic carbocycles. The minimum atomic E-state index is -0.486. The SMILES string of the molecule is CC(C)NC(=O)COC(=O)c1ccc(I)cc1. The van der Waals surface area contributed by atoms with Crippen LogP contribution < -0.4 is 5.32 Å². The Balaban J connectivity index is 2.45. The first kappa shape index (κ1) is 14.0. The maximum Gasteiger partial charge on any atom is 0.338 e. The van der Waals surface area contributed by atoms with Crippen LogP contribution in [-0.4, -0.2) is 24.5 Å². The summed E-state index contributed by atoms with van der Waals surface area (Å²) < 4.78 is 5.92. The third-order valence-corrected chi connectivity index (χ3v) is 2.58. The zero-order valence-corrected chi connectivity index (χ0v) is 11.9. The molecule has 0 spiro atoms. The van der Waals surface area contributed by atoms with Crippen molar-refractivity contribution in [2.45, 2.75) is 19.9 Å². The van der Waals surface area contributed by atoms with Gasteiger partial charge in [0.15, 0.2) is 6.61 Å². The fourth-order valence-electron chi connectivity index (χ4n) is 1.16. The van der Waals surface area contributed by atoms with Gasteiger partial charge in [0.05, 0.1) is 5.56 Å². The van der Waals surface area contributed by atoms with Crippen LogP contribution in [0.25, 0.3) is 0 Å². The summed E-state index contributed by atoms with van der Waals surface area (Å²) in [7, 11) is 0. The van der Waals surface area contributed by atoms with Gasteiger partial charge in [-0.1, -0.05) is 0 Å². The number of carbonyl (C=O) groups is 2. The molecule has 1 amide bonds. The predicted molar refractivity (Wildman–Crippen MR) is 72.7 cm³/mol. The Labute approximate surface area is 114 Å². The highest BCUT2D eigenvalue weighted by Gasteiger charge is 2.10. The zero-order valence-electron chi connectivity index (χ0n) is 9.70. The van der Waals surface area contributed by atoms with Crippen LogP contribution in [0.3, 0.4) is 0 Å². The highest BCUT2D eigenvalue weighted by Crippen LogP contribution is 2.07. The van der Waals surface area contributed by atoms with E-state index in [2.05, 4.69) is 27.9 Å². The van der Waals surface area contributed by atoms with Crippen molar-refractivity contribution >= 4 is 34.5 Å². The van der Waals surface area contributed by atoms with E-state index in [0.29, 0.717) is 5.56 Å². The van der Waals surface area contributed by atoms with Gasteiger partial charge in [-0.25, -0.2) is 4.79 Å². The summed E-state index contributed by atoms with van der Waals surface area (Å²) in [5, 5.41) is 2.64. The molecule has 0 aliphatic carbocycles. The van der Waals surface area contributed by atoms with E-state index in [1.165, 1.54) is 0 Å². The third-order valence-electron chi connectivity index (χ3n) is 1.86. The maximum absolute atomic E-state index is 11.5. The highest BCUT2D eigenvalue weighted by atomic mass is 127. The van der Waals surface area contributed by atoms with Gasteiger partial charge in [0.25, 0.3) is 5.91 Å². The van der Waals surface area contributed by atoms with E-state index in [9.17, 15) is 9.59 Å². The lowest BCUT2D eigenvalue weighted by molar-refractivity contribution is -0.124. The minimum Gasteiger partial charge on any atom is -0.452 e. The fraction of sp³-hybridized carbons (Fsp3) is 0.333. The molecule has 92 valence electrons. The van der Waals surface area contributed by atoms with Gasteiger partial charge in [0.2, 0.25) is 0 Å². The average Bonchev–Trinajstić information content (AvgIpc) is 2.26. The van der Waals surface area contributed by atoms with Gasteiger partial charge in [-0.3, -0.25) is 4.79 Å². The largest absolute Gasteiger partial charge is 0.452 e. The number of nitrogens with one attached hydrogen (secondary N) is 1. The van der Waals surface area contributed by atoms with Crippen molar-refractivity contribution in [2.75, 3.05) is 6.61 Å². The molecule has 1 rings (SSSR count). The molecular weight excluding hydrogens is 333 g/mol. The summed E-state index contributed by atoms with van der Waals surface area (Å²) >= 11 is 2.15. The molecule has 0 saturated heterocycles. The van der Waals surface area contributed by atoms with Crippen LogP contribution in [0.5, 0.6) is 0 Å². The first-order chi connectivity index (χ1) is 7.99. The first-order valence-corrected chi connectivity index (χ1v) is 6.29. The van der Waals surface area contributed by atoms with E-state index < -0.39 is 5.97 Å². The van der Waals surface area contributed by atoms with Crippen molar-refractivity contribution in [3.8, 4) is 0 Å². The van der Waals surface area contributed by atoms with E-state index in [0.717, 1.165) is 3.57 Å². The molecule has 5 heteroatoms. The van der Waals surface area contributed by atoms with Gasteiger partial charge in [-0.15, -0.1) is 0 Å². The number of hydrogen-bond donors (Lipinski definition) is 1. The van der Waals surface area contributed by atoms with Crippen molar-refractivity contribution in [1.82, 2.24) is 5.32 Å². The van der Waals surface area contributed by atoms with E-state index in [1.54, 1.807) is 12.1 Å². The number of benzene rings is 1. The van der Waals surface area contributed by atoms with Gasteiger partial charge in [-0.05, 0) is 60.7 Å². The van der Waals surface area contributed by atoms with Gasteiger partial charge in [-0.2, -0.15) is 0 Å². The highest BCUT2D eigenvalue weighted by molar-refractivity contribution is 14.1. The molecule has 0 aromatic heterocycles.